The minimum absolute atomic E-state index is 0.818. The van der Waals surface area contributed by atoms with E-state index in [9.17, 15) is 0 Å². The van der Waals surface area contributed by atoms with Crippen molar-refractivity contribution in [1.82, 2.24) is 10.2 Å². The van der Waals surface area contributed by atoms with Gasteiger partial charge >= 0.3 is 0 Å². The Kier molecular flexibility index (Phi) is 5.39. The Balaban J connectivity index is 1.37. The normalized spacial score (nSPS) is 36.8. The lowest BCUT2D eigenvalue weighted by atomic mass is 9.87. The number of likely N-dealkylation sites (tertiary alicyclic amines) is 1. The fourth-order valence-corrected chi connectivity index (χ4v) is 4.88. The largest absolute Gasteiger partial charge is 0.313 e. The van der Waals surface area contributed by atoms with Crippen molar-refractivity contribution in [1.29, 1.82) is 0 Å². The molecule has 2 heteroatoms. The zero-order valence-electron chi connectivity index (χ0n) is 13.4. The van der Waals surface area contributed by atoms with Crippen LogP contribution in [0.25, 0.3) is 0 Å². The number of nitrogens with zero attached hydrogens (tertiary/aromatic N) is 1. The zero-order valence-corrected chi connectivity index (χ0v) is 13.4. The number of rotatable bonds is 5. The maximum absolute atomic E-state index is 3.84. The summed E-state index contributed by atoms with van der Waals surface area (Å²) in [6, 6.07) is 1.75. The molecule has 116 valence electrons. The van der Waals surface area contributed by atoms with Crippen molar-refractivity contribution >= 4 is 0 Å². The molecule has 1 unspecified atom stereocenters. The minimum Gasteiger partial charge on any atom is -0.313 e. The SMILES string of the molecule is CC1CCC(NCCN2CCCC2C2CCCC2)CC1. The summed E-state index contributed by atoms with van der Waals surface area (Å²) in [6.45, 7) is 6.30. The highest BCUT2D eigenvalue weighted by Gasteiger charge is 2.32. The molecule has 2 aliphatic carbocycles. The van der Waals surface area contributed by atoms with Gasteiger partial charge in [-0.1, -0.05) is 19.8 Å². The Morgan fingerprint density at radius 3 is 2.40 bits per heavy atom. The molecule has 0 aromatic rings. The van der Waals surface area contributed by atoms with Crippen LogP contribution in [0.2, 0.25) is 0 Å². The van der Waals surface area contributed by atoms with Gasteiger partial charge in [0, 0.05) is 25.2 Å². The van der Waals surface area contributed by atoms with Gasteiger partial charge in [0.1, 0.15) is 0 Å². The highest BCUT2D eigenvalue weighted by Crippen LogP contribution is 2.35. The summed E-state index contributed by atoms with van der Waals surface area (Å²) in [7, 11) is 0. The van der Waals surface area contributed by atoms with Crippen LogP contribution in [0.15, 0.2) is 0 Å². The lowest BCUT2D eigenvalue weighted by Crippen LogP contribution is -2.42. The van der Waals surface area contributed by atoms with E-state index in [4.69, 9.17) is 0 Å². The first-order valence-electron chi connectivity index (χ1n) is 9.30. The molecular formula is C18H34N2. The van der Waals surface area contributed by atoms with Gasteiger partial charge in [-0.15, -0.1) is 0 Å². The molecule has 3 rings (SSSR count). The molecular weight excluding hydrogens is 244 g/mol. The van der Waals surface area contributed by atoms with Crippen LogP contribution >= 0.6 is 0 Å². The predicted octanol–water partition coefficient (Wildman–Crippen LogP) is 3.81. The Bertz CT molecular complexity index is 277. The first-order valence-corrected chi connectivity index (χ1v) is 9.30. The molecule has 0 radical (unpaired) electrons. The van der Waals surface area contributed by atoms with Crippen LogP contribution in [0.1, 0.15) is 71.1 Å². The van der Waals surface area contributed by atoms with Crippen LogP contribution in [-0.4, -0.2) is 36.6 Å². The summed E-state index contributed by atoms with van der Waals surface area (Å²) < 4.78 is 0. The van der Waals surface area contributed by atoms with Gasteiger partial charge in [-0.25, -0.2) is 0 Å². The lowest BCUT2D eigenvalue weighted by Gasteiger charge is -2.31. The summed E-state index contributed by atoms with van der Waals surface area (Å²) in [6.07, 6.45) is 14.6. The molecule has 2 saturated carbocycles. The van der Waals surface area contributed by atoms with Crippen LogP contribution in [0, 0.1) is 11.8 Å². The molecule has 3 aliphatic rings. The molecule has 20 heavy (non-hydrogen) atoms. The van der Waals surface area contributed by atoms with E-state index in [0.29, 0.717) is 0 Å². The van der Waals surface area contributed by atoms with Crippen molar-refractivity contribution in [2.45, 2.75) is 83.2 Å². The van der Waals surface area contributed by atoms with E-state index in [1.165, 1.54) is 83.8 Å². The predicted molar refractivity (Wildman–Crippen MR) is 86.0 cm³/mol. The molecule has 0 amide bonds. The molecule has 3 fully saturated rings. The average molecular weight is 278 g/mol. The van der Waals surface area contributed by atoms with Gasteiger partial charge in [-0.3, -0.25) is 4.90 Å². The Hall–Kier alpha value is -0.0800. The molecule has 1 atom stereocenters. The van der Waals surface area contributed by atoms with Gasteiger partial charge in [-0.2, -0.15) is 0 Å². The van der Waals surface area contributed by atoms with Crippen LogP contribution in [0.3, 0.4) is 0 Å². The van der Waals surface area contributed by atoms with E-state index in [1.807, 2.05) is 0 Å². The molecule has 1 N–H and O–H groups in total. The third-order valence-corrected chi connectivity index (χ3v) is 6.21. The smallest absolute Gasteiger partial charge is 0.0124 e. The maximum Gasteiger partial charge on any atom is 0.0124 e. The summed E-state index contributed by atoms with van der Waals surface area (Å²) in [5.74, 6) is 2.01. The van der Waals surface area contributed by atoms with Crippen molar-refractivity contribution in [3.8, 4) is 0 Å². The summed E-state index contributed by atoms with van der Waals surface area (Å²) in [4.78, 5) is 2.81. The first kappa shape index (κ1) is 14.8. The molecule has 1 heterocycles. The third kappa shape index (κ3) is 3.76. The van der Waals surface area contributed by atoms with E-state index < -0.39 is 0 Å². The highest BCUT2D eigenvalue weighted by atomic mass is 15.2. The second-order valence-electron chi connectivity index (χ2n) is 7.70. The number of hydrogen-bond donors (Lipinski definition) is 1. The Morgan fingerprint density at radius 2 is 1.65 bits per heavy atom. The molecule has 1 aliphatic heterocycles. The second-order valence-corrected chi connectivity index (χ2v) is 7.70. The van der Waals surface area contributed by atoms with Gasteiger partial charge in [0.15, 0.2) is 0 Å². The van der Waals surface area contributed by atoms with Crippen molar-refractivity contribution in [2.24, 2.45) is 11.8 Å². The van der Waals surface area contributed by atoms with Crippen molar-refractivity contribution in [3.63, 3.8) is 0 Å². The minimum atomic E-state index is 0.818. The quantitative estimate of drug-likeness (QED) is 0.822. The van der Waals surface area contributed by atoms with Gasteiger partial charge in [0.2, 0.25) is 0 Å². The summed E-state index contributed by atoms with van der Waals surface area (Å²) in [5.41, 5.74) is 0. The van der Waals surface area contributed by atoms with Crippen molar-refractivity contribution in [3.05, 3.63) is 0 Å². The fraction of sp³-hybridized carbons (Fsp3) is 1.00. The Morgan fingerprint density at radius 1 is 0.900 bits per heavy atom. The number of nitrogens with one attached hydrogen (secondary N) is 1. The van der Waals surface area contributed by atoms with Crippen LogP contribution < -0.4 is 5.32 Å². The molecule has 0 aromatic heterocycles. The van der Waals surface area contributed by atoms with Crippen LogP contribution in [-0.2, 0) is 0 Å². The zero-order chi connectivity index (χ0) is 13.8. The second kappa shape index (κ2) is 7.26. The molecule has 1 saturated heterocycles. The highest BCUT2D eigenvalue weighted by molar-refractivity contribution is 4.88. The van der Waals surface area contributed by atoms with Gasteiger partial charge < -0.3 is 5.32 Å². The Labute approximate surface area is 125 Å². The maximum atomic E-state index is 3.84. The summed E-state index contributed by atoms with van der Waals surface area (Å²) in [5, 5.41) is 3.84. The van der Waals surface area contributed by atoms with Crippen LogP contribution in [0.5, 0.6) is 0 Å². The van der Waals surface area contributed by atoms with Gasteiger partial charge in [0.25, 0.3) is 0 Å². The fourth-order valence-electron chi connectivity index (χ4n) is 4.88. The number of hydrogen-bond acceptors (Lipinski definition) is 2. The molecule has 0 spiro atoms. The molecule has 0 aromatic carbocycles. The van der Waals surface area contributed by atoms with E-state index in [2.05, 4.69) is 17.1 Å². The van der Waals surface area contributed by atoms with Gasteiger partial charge in [-0.05, 0) is 69.7 Å². The van der Waals surface area contributed by atoms with Crippen LogP contribution in [0.4, 0.5) is 0 Å². The van der Waals surface area contributed by atoms with E-state index in [-0.39, 0.29) is 0 Å². The average Bonchev–Trinajstić information content (AvgIpc) is 3.11. The van der Waals surface area contributed by atoms with Crippen molar-refractivity contribution in [2.75, 3.05) is 19.6 Å². The van der Waals surface area contributed by atoms with E-state index in [0.717, 1.165) is 23.9 Å². The molecule has 0 bridgehead atoms. The topological polar surface area (TPSA) is 15.3 Å². The van der Waals surface area contributed by atoms with E-state index >= 15 is 0 Å². The first-order chi connectivity index (χ1) is 9.83. The monoisotopic (exact) mass is 278 g/mol. The van der Waals surface area contributed by atoms with Crippen molar-refractivity contribution < 1.29 is 0 Å². The third-order valence-electron chi connectivity index (χ3n) is 6.21. The summed E-state index contributed by atoms with van der Waals surface area (Å²) >= 11 is 0. The van der Waals surface area contributed by atoms with E-state index in [1.54, 1.807) is 0 Å². The standard InChI is InChI=1S/C18H34N2/c1-15-8-10-17(11-9-15)19-12-14-20-13-4-7-18(20)16-5-2-3-6-16/h15-19H,2-14H2,1H3. The molecule has 2 nitrogen and oxygen atoms in total. The lowest BCUT2D eigenvalue weighted by molar-refractivity contribution is 0.186. The van der Waals surface area contributed by atoms with Gasteiger partial charge in [0.05, 0.1) is 0 Å².